The molecule has 0 aliphatic rings. The number of carbonyl (C=O) groups excluding carboxylic acids is 1. The number of benzene rings is 3. The number of hydrazone groups is 2. The highest BCUT2D eigenvalue weighted by Crippen LogP contribution is 2.12. The van der Waals surface area contributed by atoms with Crippen molar-refractivity contribution in [3.63, 3.8) is 0 Å². The summed E-state index contributed by atoms with van der Waals surface area (Å²) in [6.07, 6.45) is 6.45. The normalized spacial score (nSPS) is 12.2. The topological polar surface area (TPSA) is 140 Å². The smallest absolute Gasteiger partial charge is 0.278 e. The first-order valence-electron chi connectivity index (χ1n) is 10.4. The molecule has 0 aromatic heterocycles. The van der Waals surface area contributed by atoms with Crippen LogP contribution in [0.2, 0.25) is 0 Å². The quantitative estimate of drug-likeness (QED) is 0.158. The minimum atomic E-state index is -4.67. The largest absolute Gasteiger partial charge is 0.394 e. The van der Waals surface area contributed by atoms with Gasteiger partial charge in [-0.05, 0) is 47.5 Å². The molecule has 0 unspecified atom stereocenters. The van der Waals surface area contributed by atoms with E-state index in [1.54, 1.807) is 30.3 Å². The summed E-state index contributed by atoms with van der Waals surface area (Å²) < 4.78 is 31.6. The Morgan fingerprint density at radius 2 is 1.16 bits per heavy atom. The molecule has 0 aliphatic carbocycles. The van der Waals surface area contributed by atoms with E-state index in [1.165, 1.54) is 12.4 Å². The van der Waals surface area contributed by atoms with Gasteiger partial charge in [0.15, 0.2) is 0 Å². The SMILES string of the molecule is O=C(N/N=C/C(Cl)=C\c1ccccc1)c1ccc(N/N=C/C(Cl)=C/c2ccccc2)cc1.O=S(=O)(O)O. The van der Waals surface area contributed by atoms with Crippen molar-refractivity contribution in [1.29, 1.82) is 0 Å². The van der Waals surface area contributed by atoms with Crippen LogP contribution in [0, 0.1) is 0 Å². The summed E-state index contributed by atoms with van der Waals surface area (Å²) in [5, 5.41) is 8.86. The van der Waals surface area contributed by atoms with Gasteiger partial charge in [0.25, 0.3) is 5.91 Å². The van der Waals surface area contributed by atoms with Crippen LogP contribution in [0.15, 0.2) is 105 Å². The van der Waals surface area contributed by atoms with E-state index in [2.05, 4.69) is 21.1 Å². The van der Waals surface area contributed by atoms with E-state index in [1.807, 2.05) is 66.7 Å². The number of nitrogens with zero attached hydrogens (tertiary/aromatic N) is 2. The van der Waals surface area contributed by atoms with Crippen molar-refractivity contribution < 1.29 is 22.3 Å². The third kappa shape index (κ3) is 13.8. The number of rotatable bonds is 8. The maximum atomic E-state index is 12.2. The van der Waals surface area contributed by atoms with Crippen LogP contribution in [0.4, 0.5) is 5.69 Å². The van der Waals surface area contributed by atoms with E-state index in [-0.39, 0.29) is 5.91 Å². The van der Waals surface area contributed by atoms with Gasteiger partial charge in [-0.3, -0.25) is 19.3 Å². The molecule has 0 spiro atoms. The van der Waals surface area contributed by atoms with Crippen LogP contribution in [-0.2, 0) is 10.4 Å². The summed E-state index contributed by atoms with van der Waals surface area (Å²) >= 11 is 12.3. The van der Waals surface area contributed by atoms with Gasteiger partial charge in [0.2, 0.25) is 0 Å². The molecule has 192 valence electrons. The van der Waals surface area contributed by atoms with Crippen LogP contribution >= 0.6 is 23.2 Å². The minimum Gasteiger partial charge on any atom is -0.278 e. The zero-order valence-electron chi connectivity index (χ0n) is 19.1. The van der Waals surface area contributed by atoms with Crippen molar-refractivity contribution in [1.82, 2.24) is 5.43 Å². The molecule has 9 nitrogen and oxygen atoms in total. The Morgan fingerprint density at radius 1 is 0.730 bits per heavy atom. The molecule has 37 heavy (non-hydrogen) atoms. The summed E-state index contributed by atoms with van der Waals surface area (Å²) in [6.45, 7) is 0. The van der Waals surface area contributed by atoms with Gasteiger partial charge in [0.1, 0.15) is 0 Å². The van der Waals surface area contributed by atoms with E-state index in [0.717, 1.165) is 11.1 Å². The molecular weight excluding hydrogens is 539 g/mol. The Hall–Kier alpha value is -3.80. The summed E-state index contributed by atoms with van der Waals surface area (Å²) in [6, 6.07) is 26.1. The molecule has 3 rings (SSSR count). The Kier molecular flexibility index (Phi) is 12.2. The van der Waals surface area contributed by atoms with Gasteiger partial charge in [-0.1, -0.05) is 83.9 Å². The first-order chi connectivity index (χ1) is 17.6. The van der Waals surface area contributed by atoms with Crippen LogP contribution in [-0.4, -0.2) is 35.9 Å². The van der Waals surface area contributed by atoms with Gasteiger partial charge in [0.05, 0.1) is 28.2 Å². The average Bonchev–Trinajstić information content (AvgIpc) is 2.84. The maximum Gasteiger partial charge on any atom is 0.394 e. The molecule has 0 fully saturated rings. The van der Waals surface area contributed by atoms with E-state index >= 15 is 0 Å². The van der Waals surface area contributed by atoms with E-state index in [9.17, 15) is 4.79 Å². The van der Waals surface area contributed by atoms with Crippen LogP contribution in [0.3, 0.4) is 0 Å². The summed E-state index contributed by atoms with van der Waals surface area (Å²) in [4.78, 5) is 12.2. The molecule has 0 atom stereocenters. The predicted molar refractivity (Wildman–Crippen MR) is 149 cm³/mol. The van der Waals surface area contributed by atoms with Gasteiger partial charge in [-0.15, -0.1) is 0 Å². The second-order valence-corrected chi connectivity index (χ2v) is 8.74. The molecule has 12 heteroatoms. The predicted octanol–water partition coefficient (Wildman–Crippen LogP) is 5.71. The van der Waals surface area contributed by atoms with Gasteiger partial charge >= 0.3 is 10.4 Å². The number of allylic oxidation sites excluding steroid dienone is 2. The van der Waals surface area contributed by atoms with Crippen LogP contribution in [0.1, 0.15) is 21.5 Å². The standard InChI is InChI=1S/C25H20Cl2N4O.H2O4S/c26-22(15-19-7-3-1-4-8-19)17-28-30-24-13-11-21(12-14-24)25(32)31-29-18-23(27)16-20-9-5-2-6-10-20;1-5(2,3)4/h1-18,30H,(H,31,32);(H2,1,2,3,4)/b22-15-,23-16+,28-17+,29-18+;. The van der Waals surface area contributed by atoms with E-state index in [0.29, 0.717) is 21.3 Å². The lowest BCUT2D eigenvalue weighted by molar-refractivity contribution is 0.0955. The van der Waals surface area contributed by atoms with Gasteiger partial charge in [0, 0.05) is 5.56 Å². The Bertz CT molecular complexity index is 1370. The van der Waals surface area contributed by atoms with Crippen LogP contribution in [0.5, 0.6) is 0 Å². The molecular formula is C25H22Cl2N4O5S. The number of amides is 1. The number of nitrogens with one attached hydrogen (secondary N) is 2. The lowest BCUT2D eigenvalue weighted by Crippen LogP contribution is -2.17. The number of hydrogen-bond acceptors (Lipinski definition) is 6. The number of halogens is 2. The number of carbonyl (C=O) groups is 1. The number of hydrogen-bond donors (Lipinski definition) is 4. The second kappa shape index (κ2) is 15.3. The van der Waals surface area contributed by atoms with Crippen molar-refractivity contribution in [3.8, 4) is 0 Å². The fraction of sp³-hybridized carbons (Fsp3) is 0. The van der Waals surface area contributed by atoms with Gasteiger partial charge < -0.3 is 0 Å². The maximum absolute atomic E-state index is 12.2. The third-order valence-electron chi connectivity index (χ3n) is 4.09. The van der Waals surface area contributed by atoms with Crippen molar-refractivity contribution in [2.24, 2.45) is 10.2 Å². The summed E-state index contributed by atoms with van der Waals surface area (Å²) in [7, 11) is -4.67. The Morgan fingerprint density at radius 3 is 1.62 bits per heavy atom. The molecule has 0 aliphatic heterocycles. The van der Waals surface area contributed by atoms with Crippen molar-refractivity contribution in [3.05, 3.63) is 112 Å². The fourth-order valence-electron chi connectivity index (χ4n) is 2.57. The summed E-state index contributed by atoms with van der Waals surface area (Å²) in [5.74, 6) is -0.352. The molecule has 0 radical (unpaired) electrons. The lowest BCUT2D eigenvalue weighted by atomic mass is 10.2. The third-order valence-corrected chi connectivity index (χ3v) is 4.50. The lowest BCUT2D eigenvalue weighted by Gasteiger charge is -2.03. The van der Waals surface area contributed by atoms with E-state index < -0.39 is 10.4 Å². The fourth-order valence-corrected chi connectivity index (χ4v) is 2.92. The molecule has 0 saturated carbocycles. The van der Waals surface area contributed by atoms with Crippen molar-refractivity contribution in [2.75, 3.05) is 5.43 Å². The molecule has 4 N–H and O–H groups in total. The molecule has 3 aromatic rings. The van der Waals surface area contributed by atoms with Gasteiger partial charge in [-0.25, -0.2) is 5.43 Å². The molecule has 3 aromatic carbocycles. The highest BCUT2D eigenvalue weighted by molar-refractivity contribution is 7.79. The number of anilines is 1. The van der Waals surface area contributed by atoms with Crippen LogP contribution in [0.25, 0.3) is 12.2 Å². The van der Waals surface area contributed by atoms with Crippen molar-refractivity contribution in [2.45, 2.75) is 0 Å². The van der Waals surface area contributed by atoms with Crippen molar-refractivity contribution >= 4 is 69.8 Å². The molecule has 0 heterocycles. The van der Waals surface area contributed by atoms with Gasteiger partial charge in [-0.2, -0.15) is 18.6 Å². The average molecular weight is 561 g/mol. The molecule has 0 bridgehead atoms. The zero-order chi connectivity index (χ0) is 27.1. The van der Waals surface area contributed by atoms with E-state index in [4.69, 9.17) is 40.7 Å². The van der Waals surface area contributed by atoms with Crippen LogP contribution < -0.4 is 10.9 Å². The minimum absolute atomic E-state index is 0.352. The Balaban J connectivity index is 0.000000877. The molecule has 1 amide bonds. The highest BCUT2D eigenvalue weighted by atomic mass is 35.5. The zero-order valence-corrected chi connectivity index (χ0v) is 21.4. The molecule has 0 saturated heterocycles. The first-order valence-corrected chi connectivity index (χ1v) is 12.5. The highest BCUT2D eigenvalue weighted by Gasteiger charge is 2.03. The summed E-state index contributed by atoms with van der Waals surface area (Å²) in [5.41, 5.74) is 8.39. The monoisotopic (exact) mass is 560 g/mol. The first kappa shape index (κ1) is 29.4. The Labute approximate surface area is 224 Å². The second-order valence-electron chi connectivity index (χ2n) is 6.97.